The Bertz CT molecular complexity index is 380. The second-order valence-electron chi connectivity index (χ2n) is 4.55. The van der Waals surface area contributed by atoms with Crippen LogP contribution >= 0.6 is 0 Å². The molecule has 1 N–H and O–H groups in total. The first-order valence-electron chi connectivity index (χ1n) is 5.84. The van der Waals surface area contributed by atoms with Gasteiger partial charge in [-0.05, 0) is 29.9 Å². The quantitative estimate of drug-likeness (QED) is 0.835. The van der Waals surface area contributed by atoms with Crippen molar-refractivity contribution < 1.29 is 18.3 Å². The Morgan fingerprint density at radius 3 is 2.29 bits per heavy atom. The van der Waals surface area contributed by atoms with Crippen molar-refractivity contribution in [1.29, 1.82) is 0 Å². The molecule has 4 heteroatoms. The largest absolute Gasteiger partial charge is 0.418 e. The number of benzene rings is 1. The molecule has 1 saturated carbocycles. The van der Waals surface area contributed by atoms with E-state index in [0.717, 1.165) is 25.7 Å². The molecule has 2 rings (SSSR count). The van der Waals surface area contributed by atoms with E-state index >= 15 is 0 Å². The van der Waals surface area contributed by atoms with Gasteiger partial charge >= 0.3 is 6.18 Å². The van der Waals surface area contributed by atoms with Gasteiger partial charge in [-0.3, -0.25) is 0 Å². The molecule has 94 valence electrons. The lowest BCUT2D eigenvalue weighted by Gasteiger charge is -2.21. The van der Waals surface area contributed by atoms with Gasteiger partial charge in [0.2, 0.25) is 0 Å². The third-order valence-corrected chi connectivity index (χ3v) is 3.40. The summed E-state index contributed by atoms with van der Waals surface area (Å²) in [4.78, 5) is 0. The van der Waals surface area contributed by atoms with Crippen LogP contribution in [0.3, 0.4) is 0 Å². The van der Waals surface area contributed by atoms with Crippen molar-refractivity contribution in [3.8, 4) is 0 Å². The molecular weight excluding hydrogens is 229 g/mol. The Kier molecular flexibility index (Phi) is 3.43. The Hall–Kier alpha value is -1.03. The number of hydrogen-bond acceptors (Lipinski definition) is 1. The topological polar surface area (TPSA) is 20.2 Å². The van der Waals surface area contributed by atoms with E-state index in [2.05, 4.69) is 0 Å². The second-order valence-corrected chi connectivity index (χ2v) is 4.55. The number of rotatable bonds is 2. The van der Waals surface area contributed by atoms with Crippen LogP contribution < -0.4 is 0 Å². The maximum Gasteiger partial charge on any atom is 0.418 e. The summed E-state index contributed by atoms with van der Waals surface area (Å²) in [5, 5.41) is 9.37. The van der Waals surface area contributed by atoms with Gasteiger partial charge in [-0.2, -0.15) is 13.2 Å². The van der Waals surface area contributed by atoms with Crippen LogP contribution in [0, 0.1) is 0 Å². The molecule has 1 nitrogen and oxygen atoms in total. The molecule has 0 bridgehead atoms. The van der Waals surface area contributed by atoms with Gasteiger partial charge in [0.15, 0.2) is 6.10 Å². The average molecular weight is 244 g/mol. The van der Waals surface area contributed by atoms with Crippen molar-refractivity contribution in [2.24, 2.45) is 0 Å². The smallest absolute Gasteiger partial charge is 0.379 e. The number of hydrogen-bond donors (Lipinski definition) is 1. The molecule has 1 aliphatic carbocycles. The summed E-state index contributed by atoms with van der Waals surface area (Å²) in [6.07, 6.45) is -3.00. The molecule has 0 heterocycles. The Morgan fingerprint density at radius 1 is 1.12 bits per heavy atom. The lowest BCUT2D eigenvalue weighted by molar-refractivity contribution is -0.207. The lowest BCUT2D eigenvalue weighted by atomic mass is 9.90. The van der Waals surface area contributed by atoms with Crippen molar-refractivity contribution >= 4 is 0 Å². The van der Waals surface area contributed by atoms with Crippen LogP contribution in [0.4, 0.5) is 13.2 Å². The Morgan fingerprint density at radius 2 is 1.71 bits per heavy atom. The average Bonchev–Trinajstić information content (AvgIpc) is 2.80. The number of aliphatic hydroxyl groups excluding tert-OH is 1. The Labute approximate surface area is 98.3 Å². The van der Waals surface area contributed by atoms with E-state index in [1.54, 1.807) is 18.2 Å². The minimum Gasteiger partial charge on any atom is -0.379 e. The number of alkyl halides is 3. The van der Waals surface area contributed by atoms with E-state index in [0.29, 0.717) is 5.56 Å². The maximum atomic E-state index is 12.6. The molecule has 0 amide bonds. The summed E-state index contributed by atoms with van der Waals surface area (Å²) in [5.41, 5.74) is 0.682. The SMILES string of the molecule is OC(c1ccccc1C1CCCC1)C(F)(F)F. The van der Waals surface area contributed by atoms with Crippen LogP contribution in [-0.4, -0.2) is 11.3 Å². The molecule has 0 aliphatic heterocycles. The first kappa shape index (κ1) is 12.4. The van der Waals surface area contributed by atoms with Gasteiger partial charge in [0.25, 0.3) is 0 Å². The molecule has 1 atom stereocenters. The standard InChI is InChI=1S/C13H15F3O/c14-13(15,16)12(17)11-8-4-3-7-10(11)9-5-1-2-6-9/h3-4,7-9,12,17H,1-2,5-6H2. The van der Waals surface area contributed by atoms with Crippen molar-refractivity contribution in [3.05, 3.63) is 35.4 Å². The maximum absolute atomic E-state index is 12.6. The summed E-state index contributed by atoms with van der Waals surface area (Å²) in [5.74, 6) is 0.170. The second kappa shape index (κ2) is 4.69. The molecule has 17 heavy (non-hydrogen) atoms. The van der Waals surface area contributed by atoms with Gasteiger partial charge in [-0.1, -0.05) is 37.1 Å². The van der Waals surface area contributed by atoms with Gasteiger partial charge < -0.3 is 5.11 Å². The lowest BCUT2D eigenvalue weighted by Crippen LogP contribution is -2.21. The first-order valence-corrected chi connectivity index (χ1v) is 5.84. The van der Waals surface area contributed by atoms with Crippen LogP contribution in [0.15, 0.2) is 24.3 Å². The monoisotopic (exact) mass is 244 g/mol. The molecule has 0 radical (unpaired) electrons. The predicted octanol–water partition coefficient (Wildman–Crippen LogP) is 3.94. The van der Waals surface area contributed by atoms with Gasteiger partial charge in [0, 0.05) is 0 Å². The summed E-state index contributed by atoms with van der Waals surface area (Å²) in [7, 11) is 0. The molecule has 0 spiro atoms. The van der Waals surface area contributed by atoms with Crippen LogP contribution in [0.1, 0.15) is 48.8 Å². The molecular formula is C13H15F3O. The molecule has 0 aromatic heterocycles. The first-order chi connectivity index (χ1) is 8.00. The third kappa shape index (κ3) is 2.63. The highest BCUT2D eigenvalue weighted by molar-refractivity contribution is 5.33. The predicted molar refractivity (Wildman–Crippen MR) is 58.7 cm³/mol. The van der Waals surface area contributed by atoms with Crippen LogP contribution in [0.2, 0.25) is 0 Å². The fourth-order valence-electron chi connectivity index (χ4n) is 2.54. The molecule has 1 aliphatic rings. The highest BCUT2D eigenvalue weighted by Crippen LogP contribution is 2.41. The Balaban J connectivity index is 2.33. The van der Waals surface area contributed by atoms with Crippen molar-refractivity contribution in [2.75, 3.05) is 0 Å². The van der Waals surface area contributed by atoms with Crippen molar-refractivity contribution in [1.82, 2.24) is 0 Å². The summed E-state index contributed by atoms with van der Waals surface area (Å²) in [6, 6.07) is 6.37. The minimum absolute atomic E-state index is 0.0203. The van der Waals surface area contributed by atoms with Crippen molar-refractivity contribution in [2.45, 2.75) is 43.9 Å². The third-order valence-electron chi connectivity index (χ3n) is 3.40. The number of halogens is 3. The zero-order valence-corrected chi connectivity index (χ0v) is 9.37. The van der Waals surface area contributed by atoms with E-state index < -0.39 is 12.3 Å². The fourth-order valence-corrected chi connectivity index (χ4v) is 2.54. The van der Waals surface area contributed by atoms with Crippen LogP contribution in [0.5, 0.6) is 0 Å². The van der Waals surface area contributed by atoms with Gasteiger partial charge in [-0.25, -0.2) is 0 Å². The molecule has 1 aromatic carbocycles. The minimum atomic E-state index is -4.59. The van der Waals surface area contributed by atoms with E-state index in [9.17, 15) is 18.3 Å². The van der Waals surface area contributed by atoms with E-state index in [1.807, 2.05) is 0 Å². The summed E-state index contributed by atoms with van der Waals surface area (Å²) < 4.78 is 37.7. The summed E-state index contributed by atoms with van der Waals surface area (Å²) >= 11 is 0. The highest BCUT2D eigenvalue weighted by Gasteiger charge is 2.41. The molecule has 1 aromatic rings. The van der Waals surface area contributed by atoms with Crippen LogP contribution in [-0.2, 0) is 0 Å². The molecule has 1 unspecified atom stereocenters. The fraction of sp³-hybridized carbons (Fsp3) is 0.538. The molecule has 0 saturated heterocycles. The van der Waals surface area contributed by atoms with Gasteiger partial charge in [0.05, 0.1) is 0 Å². The van der Waals surface area contributed by atoms with Gasteiger partial charge in [-0.15, -0.1) is 0 Å². The van der Waals surface area contributed by atoms with Crippen molar-refractivity contribution in [3.63, 3.8) is 0 Å². The van der Waals surface area contributed by atoms with Gasteiger partial charge in [0.1, 0.15) is 0 Å². The zero-order chi connectivity index (χ0) is 12.5. The van der Waals surface area contributed by atoms with E-state index in [4.69, 9.17) is 0 Å². The summed E-state index contributed by atoms with van der Waals surface area (Å²) in [6.45, 7) is 0. The van der Waals surface area contributed by atoms with Crippen LogP contribution in [0.25, 0.3) is 0 Å². The zero-order valence-electron chi connectivity index (χ0n) is 9.37. The van der Waals surface area contributed by atoms with E-state index in [-0.39, 0.29) is 11.5 Å². The normalized spacial score (nSPS) is 19.5. The molecule has 1 fully saturated rings. The number of aliphatic hydroxyl groups is 1. The highest BCUT2D eigenvalue weighted by atomic mass is 19.4. The van der Waals surface area contributed by atoms with E-state index in [1.165, 1.54) is 6.07 Å².